The van der Waals surface area contributed by atoms with Crippen LogP contribution in [0.25, 0.3) is 0 Å². The van der Waals surface area contributed by atoms with E-state index in [0.717, 1.165) is 22.2 Å². The van der Waals surface area contributed by atoms with E-state index in [9.17, 15) is 13.2 Å². The number of nitrogens with one attached hydrogen (secondary N) is 1. The van der Waals surface area contributed by atoms with Crippen LogP contribution in [-0.4, -0.2) is 0 Å². The lowest BCUT2D eigenvalue weighted by molar-refractivity contribution is -0.137. The van der Waals surface area contributed by atoms with E-state index in [1.807, 2.05) is 12.1 Å². The zero-order chi connectivity index (χ0) is 14.8. The Balaban J connectivity index is 2.04. The van der Waals surface area contributed by atoms with Crippen molar-refractivity contribution in [2.45, 2.75) is 12.7 Å². The lowest BCUT2D eigenvalue weighted by atomic mass is 10.2. The van der Waals surface area contributed by atoms with E-state index in [1.165, 1.54) is 12.1 Å². The molecule has 20 heavy (non-hydrogen) atoms. The Labute approximate surface area is 127 Å². The van der Waals surface area contributed by atoms with Crippen LogP contribution < -0.4 is 5.32 Å². The summed E-state index contributed by atoms with van der Waals surface area (Å²) in [6.45, 7) is 0.442. The zero-order valence-corrected chi connectivity index (χ0v) is 12.5. The molecule has 0 spiro atoms. The first-order valence-electron chi connectivity index (χ1n) is 5.71. The molecule has 0 aromatic heterocycles. The van der Waals surface area contributed by atoms with E-state index in [1.54, 1.807) is 6.07 Å². The van der Waals surface area contributed by atoms with E-state index in [0.29, 0.717) is 17.3 Å². The third-order valence-corrected chi connectivity index (χ3v) is 3.56. The van der Waals surface area contributed by atoms with Crippen molar-refractivity contribution in [2.75, 3.05) is 5.32 Å². The molecule has 0 aliphatic heterocycles. The Hall–Kier alpha value is -1.20. The topological polar surface area (TPSA) is 12.0 Å². The number of hydrogen-bond donors (Lipinski definition) is 1. The molecule has 0 heterocycles. The summed E-state index contributed by atoms with van der Waals surface area (Å²) in [5, 5.41) is 3.63. The molecule has 0 amide bonds. The fourth-order valence-corrected chi connectivity index (χ4v) is 2.38. The summed E-state index contributed by atoms with van der Waals surface area (Å²) in [6, 6.07) is 10.4. The van der Waals surface area contributed by atoms with Crippen LogP contribution >= 0.6 is 27.5 Å². The lowest BCUT2D eigenvalue weighted by Gasteiger charge is -2.10. The summed E-state index contributed by atoms with van der Waals surface area (Å²) in [5.74, 6) is 0. The van der Waals surface area contributed by atoms with Gasteiger partial charge in [0.05, 0.1) is 5.56 Å². The van der Waals surface area contributed by atoms with Crippen molar-refractivity contribution in [3.05, 3.63) is 63.1 Å². The number of hydrogen-bond acceptors (Lipinski definition) is 1. The van der Waals surface area contributed by atoms with Gasteiger partial charge in [0.2, 0.25) is 0 Å². The molecule has 0 aliphatic rings. The van der Waals surface area contributed by atoms with Crippen molar-refractivity contribution in [1.29, 1.82) is 0 Å². The molecule has 2 rings (SSSR count). The average Bonchev–Trinajstić information content (AvgIpc) is 2.37. The molecule has 0 atom stereocenters. The van der Waals surface area contributed by atoms with Crippen molar-refractivity contribution >= 4 is 33.2 Å². The molecule has 0 fully saturated rings. The van der Waals surface area contributed by atoms with Crippen LogP contribution in [0.1, 0.15) is 11.1 Å². The van der Waals surface area contributed by atoms with Gasteiger partial charge in [0.1, 0.15) is 0 Å². The first-order valence-corrected chi connectivity index (χ1v) is 6.88. The van der Waals surface area contributed by atoms with Crippen molar-refractivity contribution in [2.24, 2.45) is 0 Å². The maximum Gasteiger partial charge on any atom is 0.416 e. The Bertz CT molecular complexity index is 596. The maximum atomic E-state index is 12.4. The predicted molar refractivity (Wildman–Crippen MR) is 77.9 cm³/mol. The molecule has 106 valence electrons. The minimum absolute atomic E-state index is 0.442. The SMILES string of the molecule is FC(F)(F)c1ccc(NCc2ccc(Br)cc2Cl)cc1. The molecule has 1 nitrogen and oxygen atoms in total. The van der Waals surface area contributed by atoms with E-state index in [4.69, 9.17) is 11.6 Å². The first-order chi connectivity index (χ1) is 9.36. The molecule has 6 heteroatoms. The number of anilines is 1. The van der Waals surface area contributed by atoms with E-state index >= 15 is 0 Å². The fourth-order valence-electron chi connectivity index (χ4n) is 1.64. The Morgan fingerprint density at radius 3 is 2.25 bits per heavy atom. The van der Waals surface area contributed by atoms with Crippen LogP contribution in [0.4, 0.5) is 18.9 Å². The summed E-state index contributed by atoms with van der Waals surface area (Å²) < 4.78 is 38.1. The molecule has 0 aliphatic carbocycles. The smallest absolute Gasteiger partial charge is 0.381 e. The summed E-state index contributed by atoms with van der Waals surface area (Å²) in [5.41, 5.74) is 0.816. The molecule has 0 saturated heterocycles. The van der Waals surface area contributed by atoms with Gasteiger partial charge in [0, 0.05) is 21.7 Å². The van der Waals surface area contributed by atoms with Gasteiger partial charge in [-0.3, -0.25) is 0 Å². The van der Waals surface area contributed by atoms with Crippen molar-refractivity contribution in [3.8, 4) is 0 Å². The minimum atomic E-state index is -4.31. The molecule has 2 aromatic rings. The highest BCUT2D eigenvalue weighted by atomic mass is 79.9. The molecule has 0 bridgehead atoms. The minimum Gasteiger partial charge on any atom is -0.381 e. The Morgan fingerprint density at radius 1 is 1.05 bits per heavy atom. The third-order valence-electron chi connectivity index (χ3n) is 2.71. The van der Waals surface area contributed by atoms with Gasteiger partial charge in [-0.05, 0) is 42.0 Å². The van der Waals surface area contributed by atoms with Gasteiger partial charge < -0.3 is 5.32 Å². The van der Waals surface area contributed by atoms with Crippen LogP contribution in [0.2, 0.25) is 5.02 Å². The highest BCUT2D eigenvalue weighted by molar-refractivity contribution is 9.10. The highest BCUT2D eigenvalue weighted by Gasteiger charge is 2.29. The monoisotopic (exact) mass is 363 g/mol. The van der Waals surface area contributed by atoms with Crippen LogP contribution in [0.3, 0.4) is 0 Å². The normalized spacial score (nSPS) is 11.4. The van der Waals surface area contributed by atoms with Crippen molar-refractivity contribution < 1.29 is 13.2 Å². The van der Waals surface area contributed by atoms with E-state index < -0.39 is 11.7 Å². The number of halogens is 5. The van der Waals surface area contributed by atoms with Crippen LogP contribution in [0, 0.1) is 0 Å². The molecule has 1 N–H and O–H groups in total. The van der Waals surface area contributed by atoms with Gasteiger partial charge in [-0.1, -0.05) is 33.6 Å². The van der Waals surface area contributed by atoms with Crippen LogP contribution in [0.5, 0.6) is 0 Å². The molecule has 2 aromatic carbocycles. The fraction of sp³-hybridized carbons (Fsp3) is 0.143. The third kappa shape index (κ3) is 3.90. The largest absolute Gasteiger partial charge is 0.416 e. The number of rotatable bonds is 3. The average molecular weight is 365 g/mol. The summed E-state index contributed by atoms with van der Waals surface area (Å²) >= 11 is 9.37. The number of benzene rings is 2. The Morgan fingerprint density at radius 2 is 1.70 bits per heavy atom. The molecule has 0 saturated carbocycles. The maximum absolute atomic E-state index is 12.4. The Kier molecular flexibility index (Phi) is 4.60. The van der Waals surface area contributed by atoms with Crippen molar-refractivity contribution in [1.82, 2.24) is 0 Å². The molecular weight excluding hydrogens is 355 g/mol. The van der Waals surface area contributed by atoms with Gasteiger partial charge in [-0.15, -0.1) is 0 Å². The summed E-state index contributed by atoms with van der Waals surface area (Å²) in [7, 11) is 0. The van der Waals surface area contributed by atoms with Crippen molar-refractivity contribution in [3.63, 3.8) is 0 Å². The second kappa shape index (κ2) is 6.06. The predicted octanol–water partition coefficient (Wildman–Crippen LogP) is 5.73. The molecular formula is C14H10BrClF3N. The zero-order valence-electron chi connectivity index (χ0n) is 10.1. The standard InChI is InChI=1S/C14H10BrClF3N/c15-11-4-1-9(13(16)7-11)8-20-12-5-2-10(3-6-12)14(17,18)19/h1-7,20H,8H2. The second-order valence-corrected chi connectivity index (χ2v) is 5.49. The van der Waals surface area contributed by atoms with Crippen LogP contribution in [-0.2, 0) is 12.7 Å². The quantitative estimate of drug-likeness (QED) is 0.733. The lowest BCUT2D eigenvalue weighted by Crippen LogP contribution is -2.05. The first kappa shape index (κ1) is 15.2. The molecule has 0 radical (unpaired) electrons. The number of alkyl halides is 3. The van der Waals surface area contributed by atoms with Gasteiger partial charge in [0.15, 0.2) is 0 Å². The summed E-state index contributed by atoms with van der Waals surface area (Å²) in [6.07, 6.45) is -4.31. The summed E-state index contributed by atoms with van der Waals surface area (Å²) in [4.78, 5) is 0. The van der Waals surface area contributed by atoms with Gasteiger partial charge in [-0.25, -0.2) is 0 Å². The van der Waals surface area contributed by atoms with Gasteiger partial charge in [-0.2, -0.15) is 13.2 Å². The van der Waals surface area contributed by atoms with E-state index in [2.05, 4.69) is 21.2 Å². The second-order valence-electron chi connectivity index (χ2n) is 4.16. The van der Waals surface area contributed by atoms with Gasteiger partial charge >= 0.3 is 6.18 Å². The molecule has 0 unspecified atom stereocenters. The van der Waals surface area contributed by atoms with Crippen LogP contribution in [0.15, 0.2) is 46.9 Å². The highest BCUT2D eigenvalue weighted by Crippen LogP contribution is 2.30. The van der Waals surface area contributed by atoms with E-state index in [-0.39, 0.29) is 0 Å². The van der Waals surface area contributed by atoms with Gasteiger partial charge in [0.25, 0.3) is 0 Å².